The number of carbonyl (C=O) groups excluding carboxylic acids is 1. The van der Waals surface area contributed by atoms with Crippen molar-refractivity contribution >= 4 is 70.9 Å². The lowest BCUT2D eigenvalue weighted by atomic mass is 9.72. The van der Waals surface area contributed by atoms with E-state index in [0.717, 1.165) is 73.9 Å². The molecule has 0 radical (unpaired) electrons. The molecule has 4 heterocycles. The molecule has 2 saturated heterocycles. The number of benzene rings is 3. The molecule has 4 aliphatic rings. The SMILES string of the molecule is CC(Nc1ccc(S(=O)(=O)NC(=O)c2ccc(N3CCN(CC4=C(c5ccc(Cl)cc5)CC(C)(C)CC4)CC3)cc2Oc2cnc3[nH]ccc3c2)cc1[N+](=O)[O-])C1CCS(=O)(=NC2CC2)CC1. The largest absolute Gasteiger partial charge is 0.455 e. The van der Waals surface area contributed by atoms with Crippen LogP contribution >= 0.6 is 11.6 Å². The van der Waals surface area contributed by atoms with E-state index in [1.165, 1.54) is 41.1 Å². The lowest BCUT2D eigenvalue weighted by Crippen LogP contribution is -2.47. The molecular formula is C49H57ClN8O7S2. The van der Waals surface area contributed by atoms with Crippen LogP contribution in [0.3, 0.4) is 0 Å². The summed E-state index contributed by atoms with van der Waals surface area (Å²) in [5, 5.41) is 17.1. The normalized spacial score (nSPS) is 21.7. The van der Waals surface area contributed by atoms with Gasteiger partial charge in [-0.1, -0.05) is 43.2 Å². The van der Waals surface area contributed by atoms with Crippen LogP contribution in [0, 0.1) is 21.4 Å². The second-order valence-corrected chi connectivity index (χ2v) is 23.9. The van der Waals surface area contributed by atoms with Crippen LogP contribution in [0.1, 0.15) is 81.6 Å². The van der Waals surface area contributed by atoms with Gasteiger partial charge in [0.05, 0.1) is 27.6 Å². The van der Waals surface area contributed by atoms with Gasteiger partial charge in [0.15, 0.2) is 0 Å². The fourth-order valence-electron chi connectivity index (χ4n) is 9.51. The molecule has 2 aromatic heterocycles. The maximum Gasteiger partial charge on any atom is 0.293 e. The molecule has 1 amide bonds. The van der Waals surface area contributed by atoms with Crippen LogP contribution in [0.5, 0.6) is 11.5 Å². The van der Waals surface area contributed by atoms with Crippen molar-refractivity contribution in [1.82, 2.24) is 19.6 Å². The van der Waals surface area contributed by atoms with Gasteiger partial charge in [-0.3, -0.25) is 19.8 Å². The van der Waals surface area contributed by atoms with Gasteiger partial charge in [-0.25, -0.2) is 26.7 Å². The number of anilines is 2. The van der Waals surface area contributed by atoms with Crippen LogP contribution in [-0.4, -0.2) is 94.6 Å². The first kappa shape index (κ1) is 46.6. The van der Waals surface area contributed by atoms with Gasteiger partial charge in [0.2, 0.25) is 0 Å². The Morgan fingerprint density at radius 3 is 2.49 bits per heavy atom. The number of rotatable bonds is 14. The number of carbonyl (C=O) groups is 1. The summed E-state index contributed by atoms with van der Waals surface area (Å²) in [6, 6.07) is 20.4. The number of hydrogen-bond donors (Lipinski definition) is 3. The molecule has 354 valence electrons. The Bertz CT molecular complexity index is 2960. The number of hydrogen-bond acceptors (Lipinski definition) is 12. The van der Waals surface area contributed by atoms with Crippen molar-refractivity contribution in [2.24, 2.45) is 15.7 Å². The van der Waals surface area contributed by atoms with E-state index in [9.17, 15) is 27.5 Å². The number of aromatic amines is 1. The molecule has 15 nitrogen and oxygen atoms in total. The summed E-state index contributed by atoms with van der Waals surface area (Å²) < 4.78 is 53.9. The van der Waals surface area contributed by atoms with Crippen molar-refractivity contribution < 1.29 is 27.1 Å². The summed E-state index contributed by atoms with van der Waals surface area (Å²) in [4.78, 5) is 37.5. The summed E-state index contributed by atoms with van der Waals surface area (Å²) in [7, 11) is -6.83. The Morgan fingerprint density at radius 1 is 1.03 bits per heavy atom. The minimum atomic E-state index is -4.61. The van der Waals surface area contributed by atoms with Crippen molar-refractivity contribution in [3.8, 4) is 11.5 Å². The molecule has 67 heavy (non-hydrogen) atoms. The third kappa shape index (κ3) is 11.0. The summed E-state index contributed by atoms with van der Waals surface area (Å²) in [6.45, 7) is 10.5. The van der Waals surface area contributed by atoms with Gasteiger partial charge < -0.3 is 19.9 Å². The van der Waals surface area contributed by atoms with Crippen LogP contribution in [0.4, 0.5) is 17.1 Å². The fourth-order valence-corrected chi connectivity index (χ4v) is 13.1. The Hall–Kier alpha value is -5.49. The molecule has 3 N–H and O–H groups in total. The zero-order valence-electron chi connectivity index (χ0n) is 38.0. The molecule has 18 heteroatoms. The molecule has 9 rings (SSSR count). The number of fused-ring (bicyclic) bond motifs is 1. The highest BCUT2D eigenvalue weighted by molar-refractivity contribution is 7.93. The average molecular weight is 970 g/mol. The first-order valence-corrected chi connectivity index (χ1v) is 26.7. The van der Waals surface area contributed by atoms with Crippen LogP contribution in [0.2, 0.25) is 5.02 Å². The molecule has 0 bridgehead atoms. The highest BCUT2D eigenvalue weighted by Crippen LogP contribution is 2.44. The zero-order chi connectivity index (χ0) is 47.1. The summed E-state index contributed by atoms with van der Waals surface area (Å²) in [5.41, 5.74) is 5.41. The van der Waals surface area contributed by atoms with Gasteiger partial charge in [-0.2, -0.15) is 0 Å². The minimum absolute atomic E-state index is 0.0509. The molecule has 2 aliphatic carbocycles. The molecule has 2 aliphatic heterocycles. The standard InChI is InChI=1S/C49H57ClN8O7S2/c1-32(33-16-24-66(62,25-17-33)54-38-8-9-38)53-44-13-11-41(28-45(44)58(60)61)67(63,64)55-48(59)42-12-10-39(27-46(42)65-40-26-35-15-19-51-47(35)52-30-40)57-22-20-56(21-23-57)31-36-14-18-49(2,3)29-43(36)34-4-6-37(50)7-5-34/h4-7,10-13,15,19,26-28,30,32-33,38,53H,8-9,14,16-18,20-25,29,31H2,1-3H3,(H,51,52)(H,55,59). The number of nitrogens with one attached hydrogen (secondary N) is 3. The monoisotopic (exact) mass is 968 g/mol. The van der Waals surface area contributed by atoms with E-state index in [0.29, 0.717) is 48.8 Å². The van der Waals surface area contributed by atoms with Crippen molar-refractivity contribution in [2.75, 3.05) is 54.4 Å². The quantitative estimate of drug-likeness (QED) is 0.0709. The van der Waals surface area contributed by atoms with E-state index in [-0.39, 0.29) is 40.4 Å². The Morgan fingerprint density at radius 2 is 1.78 bits per heavy atom. The molecular weight excluding hydrogens is 912 g/mol. The number of ether oxygens (including phenoxy) is 1. The molecule has 3 aromatic carbocycles. The lowest BCUT2D eigenvalue weighted by Gasteiger charge is -2.39. The van der Waals surface area contributed by atoms with Gasteiger partial charge >= 0.3 is 0 Å². The minimum Gasteiger partial charge on any atom is -0.455 e. The number of nitro groups is 1. The van der Waals surface area contributed by atoms with Crippen LogP contribution < -0.4 is 19.7 Å². The summed E-state index contributed by atoms with van der Waals surface area (Å²) in [6.07, 6.45) is 9.78. The molecule has 3 fully saturated rings. The molecule has 1 atom stereocenters. The van der Waals surface area contributed by atoms with Gasteiger partial charge in [-0.15, -0.1) is 0 Å². The predicted octanol–water partition coefficient (Wildman–Crippen LogP) is 9.66. The number of allylic oxidation sites excluding steroid dienone is 1. The summed E-state index contributed by atoms with van der Waals surface area (Å²) in [5.74, 6) is 0.585. The van der Waals surface area contributed by atoms with Crippen LogP contribution in [0.15, 0.2) is 100 Å². The molecule has 1 saturated carbocycles. The van der Waals surface area contributed by atoms with Crippen molar-refractivity contribution in [3.63, 3.8) is 0 Å². The van der Waals surface area contributed by atoms with E-state index >= 15 is 0 Å². The van der Waals surface area contributed by atoms with E-state index in [1.54, 1.807) is 24.4 Å². The second-order valence-electron chi connectivity index (χ2n) is 19.2. The zero-order valence-corrected chi connectivity index (χ0v) is 40.4. The average Bonchev–Trinajstić information content (AvgIpc) is 3.98. The Balaban J connectivity index is 0.910. The molecule has 5 aromatic rings. The smallest absolute Gasteiger partial charge is 0.293 e. The number of nitro benzene ring substituents is 1. The van der Waals surface area contributed by atoms with E-state index in [2.05, 4.69) is 60.1 Å². The Labute approximate surface area is 397 Å². The van der Waals surface area contributed by atoms with Gasteiger partial charge in [0, 0.05) is 94.4 Å². The van der Waals surface area contributed by atoms with Gasteiger partial charge in [-0.05, 0) is 123 Å². The number of pyridine rings is 1. The topological polar surface area (TPSA) is 192 Å². The maximum atomic E-state index is 14.0. The van der Waals surface area contributed by atoms with Crippen LogP contribution in [-0.2, 0) is 19.8 Å². The highest BCUT2D eigenvalue weighted by atomic mass is 35.5. The Kier molecular flexibility index (Phi) is 13.1. The lowest BCUT2D eigenvalue weighted by molar-refractivity contribution is -0.384. The number of aromatic nitrogens is 2. The highest BCUT2D eigenvalue weighted by Gasteiger charge is 2.33. The number of nitrogens with zero attached hydrogens (tertiary/aromatic N) is 5. The third-order valence-electron chi connectivity index (χ3n) is 13.6. The van der Waals surface area contributed by atoms with Gasteiger partial charge in [0.25, 0.3) is 21.6 Å². The first-order chi connectivity index (χ1) is 32.0. The van der Waals surface area contributed by atoms with Crippen molar-refractivity contribution in [1.29, 1.82) is 0 Å². The van der Waals surface area contributed by atoms with Crippen LogP contribution in [0.25, 0.3) is 16.6 Å². The third-order valence-corrected chi connectivity index (χ3v) is 17.6. The van der Waals surface area contributed by atoms with Crippen molar-refractivity contribution in [3.05, 3.63) is 117 Å². The number of halogens is 1. The summed E-state index contributed by atoms with van der Waals surface area (Å²) >= 11 is 6.25. The second kappa shape index (κ2) is 18.9. The fraction of sp³-hybridized carbons (Fsp3) is 0.429. The number of amides is 1. The molecule has 0 spiro atoms. The predicted molar refractivity (Wildman–Crippen MR) is 264 cm³/mol. The van der Waals surface area contributed by atoms with E-state index in [4.69, 9.17) is 16.3 Å². The van der Waals surface area contributed by atoms with E-state index < -0.39 is 41.2 Å². The number of piperazine rings is 1. The van der Waals surface area contributed by atoms with Crippen molar-refractivity contribution in [2.45, 2.75) is 82.7 Å². The maximum absolute atomic E-state index is 14.0. The number of H-pyrrole nitrogens is 1. The first-order valence-electron chi connectivity index (χ1n) is 23.0. The van der Waals surface area contributed by atoms with E-state index in [1.807, 2.05) is 25.1 Å². The van der Waals surface area contributed by atoms with Gasteiger partial charge in [0.1, 0.15) is 22.8 Å². The number of sulfonamides is 1. The molecule has 1 unspecified atom stereocenters.